The number of carbonyl (C=O) groups excluding carboxylic acids is 1. The number of nitro groups is 1. The molecule has 178 valence electrons. The number of nitro benzene ring substituents is 1. The monoisotopic (exact) mass is 483 g/mol. The summed E-state index contributed by atoms with van der Waals surface area (Å²) in [5, 5.41) is 16.5. The van der Waals surface area contributed by atoms with Gasteiger partial charge in [-0.05, 0) is 18.2 Å². The van der Waals surface area contributed by atoms with E-state index in [1.807, 2.05) is 27.3 Å². The molecule has 2 heterocycles. The van der Waals surface area contributed by atoms with Crippen molar-refractivity contribution in [2.24, 2.45) is 0 Å². The first-order valence-corrected chi connectivity index (χ1v) is 11.5. The van der Waals surface area contributed by atoms with E-state index in [1.54, 1.807) is 38.5 Å². The molecular formula is C23H25N5O5S. The van der Waals surface area contributed by atoms with Gasteiger partial charge in [0, 0.05) is 49.3 Å². The Balaban J connectivity index is 1.33. The summed E-state index contributed by atoms with van der Waals surface area (Å²) in [6, 6.07) is 12.2. The van der Waals surface area contributed by atoms with Crippen molar-refractivity contribution < 1.29 is 19.2 Å². The van der Waals surface area contributed by atoms with Gasteiger partial charge in [0.05, 0.1) is 31.4 Å². The molecule has 0 bridgehead atoms. The molecule has 0 atom stereocenters. The molecule has 0 saturated carbocycles. The Labute approximate surface area is 200 Å². The van der Waals surface area contributed by atoms with Gasteiger partial charge in [0.25, 0.3) is 5.69 Å². The number of methoxy groups -OCH3 is 2. The molecule has 1 aliphatic rings. The first-order valence-electron chi connectivity index (χ1n) is 10.7. The van der Waals surface area contributed by atoms with Gasteiger partial charge >= 0.3 is 0 Å². The quantitative estimate of drug-likeness (QED) is 0.383. The lowest BCUT2D eigenvalue weighted by Crippen LogP contribution is -2.48. The third kappa shape index (κ3) is 5.26. The van der Waals surface area contributed by atoms with Crippen LogP contribution in [0.1, 0.15) is 0 Å². The predicted molar refractivity (Wildman–Crippen MR) is 131 cm³/mol. The van der Waals surface area contributed by atoms with E-state index < -0.39 is 0 Å². The van der Waals surface area contributed by atoms with Crippen LogP contribution in [0, 0.1) is 10.1 Å². The Morgan fingerprint density at radius 2 is 1.91 bits per heavy atom. The van der Waals surface area contributed by atoms with Gasteiger partial charge in [-0.3, -0.25) is 19.8 Å². The van der Waals surface area contributed by atoms with Gasteiger partial charge in [-0.1, -0.05) is 12.1 Å². The van der Waals surface area contributed by atoms with Crippen LogP contribution < -0.4 is 19.7 Å². The smallest absolute Gasteiger partial charge is 0.292 e. The largest absolute Gasteiger partial charge is 0.497 e. The van der Waals surface area contributed by atoms with Crippen molar-refractivity contribution in [2.45, 2.75) is 0 Å². The number of carbonyl (C=O) groups is 1. The molecule has 0 spiro atoms. The highest BCUT2D eigenvalue weighted by Crippen LogP contribution is 2.35. The van der Waals surface area contributed by atoms with Crippen LogP contribution in [0.25, 0.3) is 11.3 Å². The predicted octanol–water partition coefficient (Wildman–Crippen LogP) is 3.50. The third-order valence-corrected chi connectivity index (χ3v) is 6.35. The summed E-state index contributed by atoms with van der Waals surface area (Å²) in [5.41, 5.74) is 2.23. The van der Waals surface area contributed by atoms with Crippen LogP contribution >= 0.6 is 11.3 Å². The Morgan fingerprint density at radius 1 is 1.15 bits per heavy atom. The van der Waals surface area contributed by atoms with Gasteiger partial charge < -0.3 is 19.7 Å². The lowest BCUT2D eigenvalue weighted by molar-refractivity contribution is -0.384. The highest BCUT2D eigenvalue weighted by atomic mass is 32.1. The average Bonchev–Trinajstić information content (AvgIpc) is 3.32. The van der Waals surface area contributed by atoms with E-state index in [9.17, 15) is 14.9 Å². The van der Waals surface area contributed by atoms with Crippen molar-refractivity contribution in [1.29, 1.82) is 0 Å². The van der Waals surface area contributed by atoms with E-state index in [0.717, 1.165) is 5.56 Å². The van der Waals surface area contributed by atoms with Gasteiger partial charge in [-0.15, -0.1) is 11.3 Å². The number of nitrogens with one attached hydrogen (secondary N) is 1. The fourth-order valence-corrected chi connectivity index (χ4v) is 4.59. The molecule has 0 unspecified atom stereocenters. The lowest BCUT2D eigenvalue weighted by atomic mass is 10.1. The number of aromatic nitrogens is 1. The maximum Gasteiger partial charge on any atom is 0.292 e. The minimum atomic E-state index is -0.362. The maximum atomic E-state index is 12.6. The lowest BCUT2D eigenvalue weighted by Gasteiger charge is -2.35. The van der Waals surface area contributed by atoms with Gasteiger partial charge in [0.1, 0.15) is 17.2 Å². The van der Waals surface area contributed by atoms with Crippen LogP contribution in [0.15, 0.2) is 47.8 Å². The molecule has 1 fully saturated rings. The number of thiazole rings is 1. The van der Waals surface area contributed by atoms with Crippen molar-refractivity contribution in [2.75, 3.05) is 57.2 Å². The van der Waals surface area contributed by atoms with E-state index in [2.05, 4.69) is 10.3 Å². The number of benzene rings is 2. The zero-order valence-electron chi connectivity index (χ0n) is 18.9. The fraction of sp³-hybridized carbons (Fsp3) is 0.304. The van der Waals surface area contributed by atoms with Gasteiger partial charge in [0.15, 0.2) is 5.13 Å². The molecule has 1 aromatic heterocycles. The summed E-state index contributed by atoms with van der Waals surface area (Å²) in [5.74, 6) is 1.17. The molecule has 34 heavy (non-hydrogen) atoms. The minimum Gasteiger partial charge on any atom is -0.497 e. The Hall–Kier alpha value is -3.70. The molecule has 3 aromatic rings. The van der Waals surface area contributed by atoms with Crippen molar-refractivity contribution >= 4 is 33.8 Å². The molecule has 0 radical (unpaired) electrons. The first kappa shape index (κ1) is 23.5. The Bertz CT molecular complexity index is 1180. The van der Waals surface area contributed by atoms with Crippen molar-refractivity contribution in [3.05, 3.63) is 58.0 Å². The fourth-order valence-electron chi connectivity index (χ4n) is 3.86. The summed E-state index contributed by atoms with van der Waals surface area (Å²) in [6.45, 7) is 2.70. The maximum absolute atomic E-state index is 12.6. The van der Waals surface area contributed by atoms with Gasteiger partial charge in [-0.25, -0.2) is 4.98 Å². The number of anilines is 2. The average molecular weight is 484 g/mol. The SMILES string of the molecule is COc1ccc(-c2csc(NC(=O)CN3CCN(c4ccccc4[N+](=O)[O-])CC3)n2)c(OC)c1. The number of nitrogens with zero attached hydrogens (tertiary/aromatic N) is 4. The summed E-state index contributed by atoms with van der Waals surface area (Å²) in [6.07, 6.45) is 0. The second-order valence-corrected chi connectivity index (χ2v) is 8.52. The van der Waals surface area contributed by atoms with Crippen molar-refractivity contribution in [3.8, 4) is 22.8 Å². The van der Waals surface area contributed by atoms with Crippen LogP contribution in [0.3, 0.4) is 0 Å². The van der Waals surface area contributed by atoms with Crippen molar-refractivity contribution in [1.82, 2.24) is 9.88 Å². The second kappa shape index (κ2) is 10.5. The molecule has 1 aliphatic heterocycles. The van der Waals surface area contributed by atoms with Crippen LogP contribution in [0.4, 0.5) is 16.5 Å². The van der Waals surface area contributed by atoms with Crippen LogP contribution in [0.5, 0.6) is 11.5 Å². The molecule has 11 heteroatoms. The highest BCUT2D eigenvalue weighted by molar-refractivity contribution is 7.14. The van der Waals surface area contributed by atoms with Crippen LogP contribution in [-0.2, 0) is 4.79 Å². The molecule has 2 aromatic carbocycles. The number of piperazine rings is 1. The zero-order chi connectivity index (χ0) is 24.1. The molecule has 1 N–H and O–H groups in total. The number of para-hydroxylation sites is 2. The summed E-state index contributed by atoms with van der Waals surface area (Å²) >= 11 is 1.35. The van der Waals surface area contributed by atoms with E-state index in [4.69, 9.17) is 9.47 Å². The van der Waals surface area contributed by atoms with E-state index >= 15 is 0 Å². The molecule has 10 nitrogen and oxygen atoms in total. The number of hydrogen-bond acceptors (Lipinski definition) is 9. The topological polar surface area (TPSA) is 110 Å². The molecule has 1 amide bonds. The Morgan fingerprint density at radius 3 is 2.62 bits per heavy atom. The number of ether oxygens (including phenoxy) is 2. The van der Waals surface area contributed by atoms with E-state index in [1.165, 1.54) is 17.4 Å². The number of hydrogen-bond donors (Lipinski definition) is 1. The summed E-state index contributed by atoms with van der Waals surface area (Å²) in [7, 11) is 3.18. The minimum absolute atomic E-state index is 0.0988. The number of amides is 1. The van der Waals surface area contributed by atoms with E-state index in [0.29, 0.717) is 54.2 Å². The third-order valence-electron chi connectivity index (χ3n) is 5.59. The van der Waals surface area contributed by atoms with E-state index in [-0.39, 0.29) is 23.1 Å². The van der Waals surface area contributed by atoms with Crippen LogP contribution in [-0.4, -0.2) is 67.7 Å². The molecule has 0 aliphatic carbocycles. The van der Waals surface area contributed by atoms with Gasteiger partial charge in [0.2, 0.25) is 5.91 Å². The zero-order valence-corrected chi connectivity index (χ0v) is 19.7. The standard InChI is InChI=1S/C23H25N5O5S/c1-32-16-7-8-17(21(13-16)33-2)18-15-34-23(24-18)25-22(29)14-26-9-11-27(12-10-26)19-5-3-4-6-20(19)28(30)31/h3-8,13,15H,9-12,14H2,1-2H3,(H,24,25,29). The molecule has 1 saturated heterocycles. The highest BCUT2D eigenvalue weighted by Gasteiger charge is 2.24. The summed E-state index contributed by atoms with van der Waals surface area (Å²) in [4.78, 5) is 32.1. The molecular weight excluding hydrogens is 458 g/mol. The summed E-state index contributed by atoms with van der Waals surface area (Å²) < 4.78 is 10.7. The van der Waals surface area contributed by atoms with Crippen LogP contribution in [0.2, 0.25) is 0 Å². The number of rotatable bonds is 8. The normalized spacial score (nSPS) is 14.0. The Kier molecular flexibility index (Phi) is 7.24. The second-order valence-electron chi connectivity index (χ2n) is 7.66. The van der Waals surface area contributed by atoms with Gasteiger partial charge in [-0.2, -0.15) is 0 Å². The first-order chi connectivity index (χ1) is 16.5. The van der Waals surface area contributed by atoms with Crippen molar-refractivity contribution in [3.63, 3.8) is 0 Å². The molecule has 4 rings (SSSR count).